The number of carbonyl (C=O) groups excluding carboxylic acids is 1. The molecule has 0 aromatic heterocycles. The molecule has 1 unspecified atom stereocenters. The predicted octanol–water partition coefficient (Wildman–Crippen LogP) is 1.64. The third-order valence-corrected chi connectivity index (χ3v) is 4.01. The second-order valence-corrected chi connectivity index (χ2v) is 5.41. The molecule has 1 aromatic carbocycles. The van der Waals surface area contributed by atoms with Crippen molar-refractivity contribution in [3.05, 3.63) is 29.3 Å². The number of anilines is 1. The molecular weight excluding hydrogens is 240 g/mol. The summed E-state index contributed by atoms with van der Waals surface area (Å²) in [6.07, 6.45) is 3.36. The van der Waals surface area contributed by atoms with E-state index in [0.29, 0.717) is 6.54 Å². The largest absolute Gasteiger partial charge is 0.391 e. The van der Waals surface area contributed by atoms with Crippen LogP contribution < -0.4 is 5.32 Å². The van der Waals surface area contributed by atoms with Gasteiger partial charge in [-0.25, -0.2) is 0 Å². The summed E-state index contributed by atoms with van der Waals surface area (Å²) in [4.78, 5) is 14.4. The van der Waals surface area contributed by atoms with Gasteiger partial charge in [0.15, 0.2) is 0 Å². The van der Waals surface area contributed by atoms with Gasteiger partial charge in [0.1, 0.15) is 0 Å². The maximum atomic E-state index is 12.6. The van der Waals surface area contributed by atoms with Gasteiger partial charge >= 0.3 is 0 Å². The summed E-state index contributed by atoms with van der Waals surface area (Å²) in [5.74, 6) is 0.0688. The number of nitrogens with zero attached hydrogens (tertiary/aromatic N) is 1. The van der Waals surface area contributed by atoms with E-state index >= 15 is 0 Å². The maximum absolute atomic E-state index is 12.6. The molecule has 2 N–H and O–H groups in total. The van der Waals surface area contributed by atoms with Crippen molar-refractivity contribution < 1.29 is 9.90 Å². The summed E-state index contributed by atoms with van der Waals surface area (Å²) in [6.45, 7) is 2.20. The second kappa shape index (κ2) is 5.21. The molecule has 19 heavy (non-hydrogen) atoms. The van der Waals surface area contributed by atoms with Gasteiger partial charge in [-0.15, -0.1) is 0 Å². The minimum atomic E-state index is -0.365. The number of hydrogen-bond acceptors (Lipinski definition) is 3. The number of piperidine rings is 1. The number of rotatable bonds is 1. The van der Waals surface area contributed by atoms with Crippen molar-refractivity contribution in [3.8, 4) is 0 Å². The Balaban J connectivity index is 1.87. The van der Waals surface area contributed by atoms with Crippen molar-refractivity contribution in [2.24, 2.45) is 0 Å². The number of likely N-dealkylation sites (tertiary alicyclic amines) is 1. The molecule has 1 fully saturated rings. The molecule has 1 aromatic rings. The van der Waals surface area contributed by atoms with E-state index in [1.165, 1.54) is 0 Å². The first-order valence-electron chi connectivity index (χ1n) is 7.09. The number of carbonyl (C=O) groups is 1. The fourth-order valence-electron chi connectivity index (χ4n) is 3.02. The summed E-state index contributed by atoms with van der Waals surface area (Å²) < 4.78 is 0. The molecule has 0 bridgehead atoms. The third kappa shape index (κ3) is 2.45. The number of aliphatic hydroxyl groups excluding tert-OH is 1. The highest BCUT2D eigenvalue weighted by atomic mass is 16.3. The fraction of sp³-hybridized carbons (Fsp3) is 0.533. The molecule has 0 aliphatic carbocycles. The van der Waals surface area contributed by atoms with Gasteiger partial charge in [0.2, 0.25) is 0 Å². The van der Waals surface area contributed by atoms with E-state index in [2.05, 4.69) is 5.32 Å². The SMILES string of the molecule is O=C(c1cccc2c1CCCN2)N1CCCC(O)C1. The highest BCUT2D eigenvalue weighted by Gasteiger charge is 2.25. The molecule has 0 radical (unpaired) electrons. The van der Waals surface area contributed by atoms with Crippen LogP contribution in [0.5, 0.6) is 0 Å². The molecule has 0 saturated carbocycles. The normalized spacial score (nSPS) is 22.6. The fourth-order valence-corrected chi connectivity index (χ4v) is 3.02. The van der Waals surface area contributed by atoms with Gasteiger partial charge < -0.3 is 15.3 Å². The maximum Gasteiger partial charge on any atom is 0.254 e. The smallest absolute Gasteiger partial charge is 0.254 e. The zero-order valence-electron chi connectivity index (χ0n) is 11.1. The Hall–Kier alpha value is -1.55. The predicted molar refractivity (Wildman–Crippen MR) is 74.4 cm³/mol. The number of aliphatic hydroxyl groups is 1. The second-order valence-electron chi connectivity index (χ2n) is 5.41. The number of nitrogens with one attached hydrogen (secondary N) is 1. The Morgan fingerprint density at radius 3 is 3.11 bits per heavy atom. The van der Waals surface area contributed by atoms with E-state index in [0.717, 1.165) is 55.6 Å². The Labute approximate surface area is 113 Å². The minimum absolute atomic E-state index is 0.0688. The van der Waals surface area contributed by atoms with Crippen molar-refractivity contribution in [2.45, 2.75) is 31.8 Å². The molecule has 3 rings (SSSR count). The molecule has 2 aliphatic heterocycles. The van der Waals surface area contributed by atoms with Crippen molar-refractivity contribution in [2.75, 3.05) is 25.0 Å². The summed E-state index contributed by atoms with van der Waals surface area (Å²) >= 11 is 0. The highest BCUT2D eigenvalue weighted by Crippen LogP contribution is 2.27. The topological polar surface area (TPSA) is 52.6 Å². The molecule has 1 amide bonds. The first-order chi connectivity index (χ1) is 9.25. The molecule has 1 saturated heterocycles. The standard InChI is InChI=1S/C15H20N2O2/c18-11-4-3-9-17(10-11)15(19)13-5-1-7-14-12(13)6-2-8-16-14/h1,5,7,11,16,18H,2-4,6,8-10H2. The van der Waals surface area contributed by atoms with E-state index in [1.54, 1.807) is 4.90 Å². The van der Waals surface area contributed by atoms with E-state index in [1.807, 2.05) is 18.2 Å². The van der Waals surface area contributed by atoms with Gasteiger partial charge in [0, 0.05) is 30.9 Å². The van der Waals surface area contributed by atoms with Crippen LogP contribution in [0.1, 0.15) is 35.2 Å². The summed E-state index contributed by atoms with van der Waals surface area (Å²) in [5.41, 5.74) is 3.03. The molecule has 2 heterocycles. The first-order valence-corrected chi connectivity index (χ1v) is 7.09. The zero-order chi connectivity index (χ0) is 13.2. The van der Waals surface area contributed by atoms with Crippen LogP contribution in [-0.4, -0.2) is 41.7 Å². The van der Waals surface area contributed by atoms with E-state index in [4.69, 9.17) is 0 Å². The molecule has 102 valence electrons. The van der Waals surface area contributed by atoms with Gasteiger partial charge in [-0.1, -0.05) is 6.07 Å². The van der Waals surface area contributed by atoms with Crippen molar-refractivity contribution in [1.29, 1.82) is 0 Å². The average molecular weight is 260 g/mol. The van der Waals surface area contributed by atoms with Gasteiger partial charge in [-0.05, 0) is 43.4 Å². The van der Waals surface area contributed by atoms with Crippen molar-refractivity contribution in [1.82, 2.24) is 4.90 Å². The molecule has 4 heteroatoms. The first kappa shape index (κ1) is 12.5. The van der Waals surface area contributed by atoms with E-state index in [9.17, 15) is 9.90 Å². The summed E-state index contributed by atoms with van der Waals surface area (Å²) in [5, 5.41) is 13.1. The van der Waals surface area contributed by atoms with Gasteiger partial charge in [-0.3, -0.25) is 4.79 Å². The van der Waals surface area contributed by atoms with Crippen LogP contribution in [0.3, 0.4) is 0 Å². The molecular formula is C15H20N2O2. The summed E-state index contributed by atoms with van der Waals surface area (Å²) in [7, 11) is 0. The molecule has 0 spiro atoms. The quantitative estimate of drug-likeness (QED) is 0.807. The lowest BCUT2D eigenvalue weighted by atomic mass is 9.96. The number of β-amino-alcohol motifs (C(OH)–C–C–N with tert-alkyl or cyclic N) is 1. The highest BCUT2D eigenvalue weighted by molar-refractivity contribution is 5.97. The number of hydrogen-bond donors (Lipinski definition) is 2. The van der Waals surface area contributed by atoms with Crippen LogP contribution in [0.15, 0.2) is 18.2 Å². The van der Waals surface area contributed by atoms with Crippen molar-refractivity contribution >= 4 is 11.6 Å². The Morgan fingerprint density at radius 1 is 1.37 bits per heavy atom. The lowest BCUT2D eigenvalue weighted by Crippen LogP contribution is -2.42. The lowest BCUT2D eigenvalue weighted by Gasteiger charge is -2.31. The van der Waals surface area contributed by atoms with Crippen LogP contribution in [0, 0.1) is 0 Å². The zero-order valence-corrected chi connectivity index (χ0v) is 11.1. The Kier molecular flexibility index (Phi) is 3.42. The number of amides is 1. The average Bonchev–Trinajstić information content (AvgIpc) is 2.46. The van der Waals surface area contributed by atoms with Crippen LogP contribution in [0.4, 0.5) is 5.69 Å². The van der Waals surface area contributed by atoms with Gasteiger partial charge in [0.25, 0.3) is 5.91 Å². The van der Waals surface area contributed by atoms with E-state index < -0.39 is 0 Å². The monoisotopic (exact) mass is 260 g/mol. The number of benzene rings is 1. The Morgan fingerprint density at radius 2 is 2.26 bits per heavy atom. The van der Waals surface area contributed by atoms with Gasteiger partial charge in [-0.2, -0.15) is 0 Å². The molecule has 4 nitrogen and oxygen atoms in total. The van der Waals surface area contributed by atoms with Crippen LogP contribution in [0.25, 0.3) is 0 Å². The van der Waals surface area contributed by atoms with Crippen LogP contribution >= 0.6 is 0 Å². The van der Waals surface area contributed by atoms with E-state index in [-0.39, 0.29) is 12.0 Å². The van der Waals surface area contributed by atoms with Crippen molar-refractivity contribution in [3.63, 3.8) is 0 Å². The third-order valence-electron chi connectivity index (χ3n) is 4.01. The molecule has 2 aliphatic rings. The lowest BCUT2D eigenvalue weighted by molar-refractivity contribution is 0.0473. The number of fused-ring (bicyclic) bond motifs is 1. The Bertz CT molecular complexity index is 487. The van der Waals surface area contributed by atoms with Crippen LogP contribution in [0.2, 0.25) is 0 Å². The summed E-state index contributed by atoms with van der Waals surface area (Å²) in [6, 6.07) is 5.89. The van der Waals surface area contributed by atoms with Crippen LogP contribution in [-0.2, 0) is 6.42 Å². The minimum Gasteiger partial charge on any atom is -0.391 e. The van der Waals surface area contributed by atoms with Gasteiger partial charge in [0.05, 0.1) is 6.10 Å². The molecule has 1 atom stereocenters.